The minimum atomic E-state index is -4.68. The number of nitrogen functional groups attached to an aromatic ring is 2. The lowest BCUT2D eigenvalue weighted by Gasteiger charge is -2.15. The molecule has 0 aliphatic carbocycles. The number of hydrogen-bond donors (Lipinski definition) is 3. The van der Waals surface area contributed by atoms with E-state index in [0.717, 1.165) is 19.2 Å². The van der Waals surface area contributed by atoms with Crippen molar-refractivity contribution in [2.24, 2.45) is 0 Å². The van der Waals surface area contributed by atoms with E-state index in [9.17, 15) is 35.9 Å². The first-order chi connectivity index (χ1) is 19.1. The number of carboxylic acid groups (broad SMARTS) is 1. The first-order valence-corrected chi connectivity index (χ1v) is 11.0. The van der Waals surface area contributed by atoms with E-state index < -0.39 is 46.7 Å². The van der Waals surface area contributed by atoms with Crippen molar-refractivity contribution in [3.8, 4) is 22.5 Å². The summed E-state index contributed by atoms with van der Waals surface area (Å²) in [5.74, 6) is -2.24. The fourth-order valence-electron chi connectivity index (χ4n) is 3.49. The molecule has 4 aromatic rings. The molecule has 0 amide bonds. The molecule has 0 bridgehead atoms. The number of ether oxygens (including phenoxy) is 1. The van der Waals surface area contributed by atoms with Gasteiger partial charge in [0.15, 0.2) is 0 Å². The number of methoxy groups -OCH3 is 1. The normalized spacial score (nSPS) is 11.3. The summed E-state index contributed by atoms with van der Waals surface area (Å²) in [6, 6.07) is 8.65. The molecule has 2 aromatic carbocycles. The van der Waals surface area contributed by atoms with Crippen molar-refractivity contribution in [2.75, 3.05) is 18.6 Å². The number of esters is 1. The minimum absolute atomic E-state index is 0.0185. The molecule has 0 aliphatic rings. The van der Waals surface area contributed by atoms with Gasteiger partial charge in [-0.25, -0.2) is 9.59 Å². The highest BCUT2D eigenvalue weighted by Crippen LogP contribution is 2.40. The summed E-state index contributed by atoms with van der Waals surface area (Å²) >= 11 is 0. The average Bonchev–Trinajstić information content (AvgIpc) is 2.92. The van der Waals surface area contributed by atoms with Gasteiger partial charge in [0, 0.05) is 34.9 Å². The smallest absolute Gasteiger partial charge is 0.417 e. The third kappa shape index (κ3) is 7.03. The van der Waals surface area contributed by atoms with Gasteiger partial charge in [-0.3, -0.25) is 0 Å². The fourth-order valence-corrected chi connectivity index (χ4v) is 3.49. The molecule has 2 heterocycles. The van der Waals surface area contributed by atoms with Gasteiger partial charge in [-0.05, 0) is 48.5 Å². The van der Waals surface area contributed by atoms with E-state index in [1.54, 1.807) is 0 Å². The van der Waals surface area contributed by atoms with Crippen LogP contribution in [0.4, 0.5) is 37.7 Å². The Hall–Kier alpha value is -5.28. The Balaban J connectivity index is 0.000000226. The van der Waals surface area contributed by atoms with E-state index in [4.69, 9.17) is 16.6 Å². The predicted molar refractivity (Wildman–Crippen MR) is 132 cm³/mol. The summed E-state index contributed by atoms with van der Waals surface area (Å²) in [6.07, 6.45) is -6.70. The number of alkyl halides is 6. The van der Waals surface area contributed by atoms with Crippen molar-refractivity contribution >= 4 is 23.3 Å². The zero-order chi connectivity index (χ0) is 30.5. The number of aromatic nitrogens is 4. The molecule has 0 aliphatic heterocycles. The number of hydrogen-bond acceptors (Lipinski definition) is 9. The average molecular weight is 580 g/mol. The second kappa shape index (κ2) is 11.8. The summed E-state index contributed by atoms with van der Waals surface area (Å²) in [7, 11) is 1.11. The second-order valence-electron chi connectivity index (χ2n) is 7.98. The zero-order valence-corrected chi connectivity index (χ0v) is 20.7. The Labute approximate surface area is 226 Å². The van der Waals surface area contributed by atoms with Crippen molar-refractivity contribution in [1.29, 1.82) is 0 Å². The van der Waals surface area contributed by atoms with E-state index in [1.165, 1.54) is 36.7 Å². The minimum Gasteiger partial charge on any atom is -0.478 e. The van der Waals surface area contributed by atoms with Crippen molar-refractivity contribution in [2.45, 2.75) is 12.4 Å². The van der Waals surface area contributed by atoms with Gasteiger partial charge >= 0.3 is 24.3 Å². The largest absolute Gasteiger partial charge is 0.478 e. The number of carbonyl (C=O) groups excluding carboxylic acids is 1. The van der Waals surface area contributed by atoms with Gasteiger partial charge < -0.3 is 21.3 Å². The highest BCUT2D eigenvalue weighted by atomic mass is 19.4. The summed E-state index contributed by atoms with van der Waals surface area (Å²) in [5.41, 5.74) is 6.68. The quantitative estimate of drug-likeness (QED) is 0.170. The first kappa shape index (κ1) is 30.3. The Bertz CT molecular complexity index is 1570. The van der Waals surface area contributed by atoms with E-state index in [-0.39, 0.29) is 33.8 Å². The maximum Gasteiger partial charge on any atom is 0.417 e. The second-order valence-corrected chi connectivity index (χ2v) is 7.98. The molecule has 0 radical (unpaired) electrons. The lowest BCUT2D eigenvalue weighted by Crippen LogP contribution is -2.13. The van der Waals surface area contributed by atoms with Crippen LogP contribution in [0.15, 0.2) is 60.9 Å². The van der Waals surface area contributed by atoms with Crippen LogP contribution in [0.1, 0.15) is 31.8 Å². The van der Waals surface area contributed by atoms with Gasteiger partial charge in [-0.2, -0.15) is 46.7 Å². The Morgan fingerprint density at radius 3 is 1.51 bits per heavy atom. The van der Waals surface area contributed by atoms with Crippen molar-refractivity contribution in [3.05, 3.63) is 83.2 Å². The molecule has 2 aromatic heterocycles. The van der Waals surface area contributed by atoms with Gasteiger partial charge in [-0.15, -0.1) is 0 Å². The molecule has 0 saturated carbocycles. The first-order valence-electron chi connectivity index (χ1n) is 11.0. The van der Waals surface area contributed by atoms with E-state index in [0.29, 0.717) is 12.1 Å². The number of benzene rings is 2. The number of carbonyl (C=O) groups is 2. The van der Waals surface area contributed by atoms with Crippen LogP contribution in [0.2, 0.25) is 0 Å². The van der Waals surface area contributed by atoms with E-state index in [1.807, 2.05) is 0 Å². The fraction of sp³-hybridized carbons (Fsp3) is 0.120. The molecule has 41 heavy (non-hydrogen) atoms. The number of anilines is 2. The van der Waals surface area contributed by atoms with Crippen molar-refractivity contribution in [3.63, 3.8) is 0 Å². The number of nitrogens with two attached hydrogens (primary N) is 2. The van der Waals surface area contributed by atoms with E-state index in [2.05, 4.69) is 25.1 Å². The third-order valence-corrected chi connectivity index (χ3v) is 5.32. The van der Waals surface area contributed by atoms with Gasteiger partial charge in [0.25, 0.3) is 0 Å². The topological polar surface area (TPSA) is 167 Å². The molecule has 4 rings (SSSR count). The molecule has 10 nitrogen and oxygen atoms in total. The summed E-state index contributed by atoms with van der Waals surface area (Å²) < 4.78 is 82.8. The number of carboxylic acids is 1. The number of nitrogens with zero attached hydrogens (tertiary/aromatic N) is 4. The lowest BCUT2D eigenvalue weighted by molar-refractivity contribution is -0.137. The Kier molecular flexibility index (Phi) is 8.75. The van der Waals surface area contributed by atoms with Gasteiger partial charge in [0.2, 0.25) is 0 Å². The predicted octanol–water partition coefficient (Wildman–Crippen LogP) is 4.97. The molecule has 214 valence electrons. The van der Waals surface area contributed by atoms with Crippen LogP contribution >= 0.6 is 0 Å². The van der Waals surface area contributed by atoms with Crippen LogP contribution < -0.4 is 11.5 Å². The lowest BCUT2D eigenvalue weighted by atomic mass is 9.99. The third-order valence-electron chi connectivity index (χ3n) is 5.32. The molecule has 0 unspecified atom stereocenters. The highest BCUT2D eigenvalue weighted by molar-refractivity contribution is 5.97. The van der Waals surface area contributed by atoms with Gasteiger partial charge in [-0.1, -0.05) is 0 Å². The highest BCUT2D eigenvalue weighted by Gasteiger charge is 2.36. The van der Waals surface area contributed by atoms with E-state index >= 15 is 0 Å². The molecule has 5 N–H and O–H groups in total. The Morgan fingerprint density at radius 1 is 0.756 bits per heavy atom. The van der Waals surface area contributed by atoms with Crippen LogP contribution in [-0.4, -0.2) is 44.5 Å². The summed E-state index contributed by atoms with van der Waals surface area (Å²) in [6.45, 7) is 0. The maximum absolute atomic E-state index is 13.1. The van der Waals surface area contributed by atoms with Crippen LogP contribution in [0.25, 0.3) is 22.5 Å². The molecule has 0 atom stereocenters. The molecule has 16 heteroatoms. The monoisotopic (exact) mass is 580 g/mol. The zero-order valence-electron chi connectivity index (χ0n) is 20.7. The van der Waals surface area contributed by atoms with Crippen LogP contribution in [-0.2, 0) is 17.1 Å². The van der Waals surface area contributed by atoms with Crippen LogP contribution in [0.5, 0.6) is 0 Å². The molecular weight excluding hydrogens is 562 g/mol. The van der Waals surface area contributed by atoms with Crippen molar-refractivity contribution in [1.82, 2.24) is 20.4 Å². The van der Waals surface area contributed by atoms with Gasteiger partial charge in [0.05, 0.1) is 40.8 Å². The summed E-state index contributed by atoms with van der Waals surface area (Å²) in [5, 5.41) is 23.2. The molecule has 0 saturated heterocycles. The maximum atomic E-state index is 13.1. The molecule has 0 spiro atoms. The number of rotatable bonds is 4. The molecule has 0 fully saturated rings. The Morgan fingerprint density at radius 2 is 1.17 bits per heavy atom. The van der Waals surface area contributed by atoms with Gasteiger partial charge in [0.1, 0.15) is 0 Å². The van der Waals surface area contributed by atoms with Crippen molar-refractivity contribution < 1.29 is 45.8 Å². The number of halogens is 6. The number of aromatic carboxylic acids is 1. The SMILES string of the molecule is COC(=O)c1cc(-c2cccnn2)c(C(F)(F)F)cc1N.Nc1cc(C(F)(F)F)c(-c2cccnn2)cc1C(=O)O. The van der Waals surface area contributed by atoms with Crippen LogP contribution in [0, 0.1) is 0 Å². The standard InChI is InChI=1S/C13H10F3N3O2.C12H8F3N3O2/c1-21-12(20)8-5-7(11-3-2-4-18-19-11)9(6-10(8)17)13(14,15)16;13-12(14,15)8-5-9(16)7(11(19)20)4-6(8)10-2-1-3-17-18-10/h2-6H,17H2,1H3;1-5H,16H2,(H,19,20). The summed E-state index contributed by atoms with van der Waals surface area (Å²) in [4.78, 5) is 22.5. The van der Waals surface area contributed by atoms with Crippen LogP contribution in [0.3, 0.4) is 0 Å². The molecular formula is C25H18F6N6O4.